The van der Waals surface area contributed by atoms with Crippen LogP contribution in [0, 0.1) is 17.1 Å². The Bertz CT molecular complexity index is 576. The molecule has 0 radical (unpaired) electrons. The second-order valence-electron chi connectivity index (χ2n) is 3.25. The first-order valence-corrected chi connectivity index (χ1v) is 5.95. The van der Waals surface area contributed by atoms with Crippen LogP contribution in [0.25, 0.3) is 0 Å². The molecule has 0 atom stereocenters. The van der Waals surface area contributed by atoms with Crippen molar-refractivity contribution < 1.29 is 9.13 Å². The summed E-state index contributed by atoms with van der Waals surface area (Å²) in [6.45, 7) is 0.264. The summed E-state index contributed by atoms with van der Waals surface area (Å²) in [5.41, 5.74) is 0.272. The van der Waals surface area contributed by atoms with E-state index in [0.717, 1.165) is 10.9 Å². The molecular weight excluding hydrogens is 261 g/mol. The highest BCUT2D eigenvalue weighted by molar-refractivity contribution is 7.16. The maximum atomic E-state index is 13.4. The van der Waals surface area contributed by atoms with Crippen molar-refractivity contribution in [3.05, 3.63) is 50.9 Å². The fourth-order valence-electron chi connectivity index (χ4n) is 1.27. The minimum atomic E-state index is -0.535. The van der Waals surface area contributed by atoms with Gasteiger partial charge in [0.1, 0.15) is 6.61 Å². The van der Waals surface area contributed by atoms with Gasteiger partial charge in [-0.25, -0.2) is 4.39 Å². The van der Waals surface area contributed by atoms with Crippen molar-refractivity contribution in [3.63, 3.8) is 0 Å². The summed E-state index contributed by atoms with van der Waals surface area (Å²) >= 11 is 7.15. The van der Waals surface area contributed by atoms with Gasteiger partial charge < -0.3 is 4.74 Å². The molecule has 0 aliphatic heterocycles. The Balaban J connectivity index is 2.07. The summed E-state index contributed by atoms with van der Waals surface area (Å²) in [6.07, 6.45) is 0. The highest BCUT2D eigenvalue weighted by Gasteiger charge is 2.06. The highest BCUT2D eigenvalue weighted by atomic mass is 35.5. The first-order chi connectivity index (χ1) is 8.19. The molecular formula is C12H7ClFNOS. The first kappa shape index (κ1) is 11.9. The Kier molecular flexibility index (Phi) is 3.62. The van der Waals surface area contributed by atoms with Gasteiger partial charge in [-0.05, 0) is 30.3 Å². The number of benzene rings is 1. The van der Waals surface area contributed by atoms with Crippen molar-refractivity contribution in [2.45, 2.75) is 6.61 Å². The normalized spacial score (nSPS) is 9.94. The van der Waals surface area contributed by atoms with Crippen LogP contribution in [0.2, 0.25) is 4.34 Å². The number of hydrogen-bond donors (Lipinski definition) is 0. The molecule has 0 saturated carbocycles. The van der Waals surface area contributed by atoms with Crippen LogP contribution in [-0.4, -0.2) is 0 Å². The maximum absolute atomic E-state index is 13.4. The molecule has 0 spiro atoms. The Morgan fingerprint density at radius 1 is 1.35 bits per heavy atom. The van der Waals surface area contributed by atoms with Gasteiger partial charge in [0, 0.05) is 4.88 Å². The molecule has 0 fully saturated rings. The van der Waals surface area contributed by atoms with Gasteiger partial charge in [-0.2, -0.15) is 5.26 Å². The van der Waals surface area contributed by atoms with Crippen molar-refractivity contribution in [3.8, 4) is 11.8 Å². The highest BCUT2D eigenvalue weighted by Crippen LogP contribution is 2.24. The van der Waals surface area contributed by atoms with Gasteiger partial charge in [-0.3, -0.25) is 0 Å². The van der Waals surface area contributed by atoms with E-state index in [9.17, 15) is 4.39 Å². The average Bonchev–Trinajstić information content (AvgIpc) is 2.73. The van der Waals surface area contributed by atoms with Crippen molar-refractivity contribution in [2.24, 2.45) is 0 Å². The minimum absolute atomic E-state index is 0.133. The number of hydrogen-bond acceptors (Lipinski definition) is 3. The van der Waals surface area contributed by atoms with Crippen LogP contribution in [0.15, 0.2) is 30.3 Å². The smallest absolute Gasteiger partial charge is 0.166 e. The van der Waals surface area contributed by atoms with Gasteiger partial charge in [-0.15, -0.1) is 11.3 Å². The molecule has 2 rings (SSSR count). The fourth-order valence-corrected chi connectivity index (χ4v) is 2.27. The molecule has 0 aliphatic rings. The molecule has 0 aliphatic carbocycles. The summed E-state index contributed by atoms with van der Waals surface area (Å²) in [5.74, 6) is -0.403. The van der Waals surface area contributed by atoms with Crippen LogP contribution >= 0.6 is 22.9 Å². The quantitative estimate of drug-likeness (QED) is 0.842. The zero-order valence-electron chi connectivity index (χ0n) is 8.61. The molecule has 0 N–H and O–H groups in total. The summed E-state index contributed by atoms with van der Waals surface area (Å²) in [7, 11) is 0. The molecule has 2 nitrogen and oxygen atoms in total. The summed E-state index contributed by atoms with van der Waals surface area (Å²) < 4.78 is 19.4. The van der Waals surface area contributed by atoms with Gasteiger partial charge in [0.15, 0.2) is 11.6 Å². The van der Waals surface area contributed by atoms with E-state index in [-0.39, 0.29) is 17.9 Å². The van der Waals surface area contributed by atoms with Crippen LogP contribution in [-0.2, 0) is 6.61 Å². The zero-order chi connectivity index (χ0) is 12.3. The number of rotatable bonds is 3. The molecule has 0 unspecified atom stereocenters. The van der Waals surface area contributed by atoms with Crippen LogP contribution in [0.4, 0.5) is 4.39 Å². The Morgan fingerprint density at radius 2 is 2.18 bits per heavy atom. The molecule has 1 aromatic carbocycles. The van der Waals surface area contributed by atoms with Gasteiger partial charge in [0.2, 0.25) is 0 Å². The molecule has 5 heteroatoms. The molecule has 2 aromatic rings. The lowest BCUT2D eigenvalue weighted by Gasteiger charge is -2.05. The third-order valence-electron chi connectivity index (χ3n) is 2.06. The standard InChI is InChI=1S/C12H7ClFNOS/c13-12-4-2-9(17-12)7-16-11-3-1-8(6-15)5-10(11)14/h1-5H,7H2. The molecule has 1 aromatic heterocycles. The lowest BCUT2D eigenvalue weighted by Crippen LogP contribution is -1.95. The number of nitrogens with zero attached hydrogens (tertiary/aromatic N) is 1. The van der Waals surface area contributed by atoms with Gasteiger partial charge in [0.25, 0.3) is 0 Å². The van der Waals surface area contributed by atoms with E-state index >= 15 is 0 Å². The van der Waals surface area contributed by atoms with Crippen molar-refractivity contribution in [1.29, 1.82) is 5.26 Å². The number of halogens is 2. The predicted molar refractivity (Wildman–Crippen MR) is 64.8 cm³/mol. The number of thiophene rings is 1. The predicted octanol–water partition coefficient (Wildman–Crippen LogP) is 3.99. The molecule has 17 heavy (non-hydrogen) atoms. The molecule has 0 bridgehead atoms. The van der Waals surface area contributed by atoms with E-state index < -0.39 is 5.82 Å². The summed E-state index contributed by atoms with van der Waals surface area (Å²) in [4.78, 5) is 0.916. The largest absolute Gasteiger partial charge is 0.485 e. The molecule has 86 valence electrons. The first-order valence-electron chi connectivity index (χ1n) is 4.75. The lowest BCUT2D eigenvalue weighted by molar-refractivity contribution is 0.293. The van der Waals surface area contributed by atoms with Gasteiger partial charge in [0.05, 0.1) is 16.0 Å². The maximum Gasteiger partial charge on any atom is 0.166 e. The summed E-state index contributed by atoms with van der Waals surface area (Å²) in [6, 6.07) is 9.56. The van der Waals surface area contributed by atoms with Gasteiger partial charge >= 0.3 is 0 Å². The van der Waals surface area contributed by atoms with Gasteiger partial charge in [-0.1, -0.05) is 11.6 Å². The van der Waals surface area contributed by atoms with E-state index in [1.54, 1.807) is 6.07 Å². The average molecular weight is 268 g/mol. The van der Waals surface area contributed by atoms with Crippen molar-refractivity contribution in [1.82, 2.24) is 0 Å². The lowest BCUT2D eigenvalue weighted by atomic mass is 10.2. The molecule has 0 saturated heterocycles. The van der Waals surface area contributed by atoms with E-state index in [2.05, 4.69) is 0 Å². The number of ether oxygens (including phenoxy) is 1. The third kappa shape index (κ3) is 2.96. The molecule has 0 amide bonds. The topological polar surface area (TPSA) is 33.0 Å². The second kappa shape index (κ2) is 5.17. The second-order valence-corrected chi connectivity index (χ2v) is 5.05. The Labute approximate surface area is 107 Å². The van der Waals surface area contributed by atoms with Crippen molar-refractivity contribution >= 4 is 22.9 Å². The van der Waals surface area contributed by atoms with E-state index in [0.29, 0.717) is 4.34 Å². The van der Waals surface area contributed by atoms with Crippen LogP contribution in [0.3, 0.4) is 0 Å². The SMILES string of the molecule is N#Cc1ccc(OCc2ccc(Cl)s2)c(F)c1. The van der Waals surface area contributed by atoms with Crippen LogP contribution in [0.1, 0.15) is 10.4 Å². The molecule has 1 heterocycles. The summed E-state index contributed by atoms with van der Waals surface area (Å²) in [5, 5.41) is 8.59. The Morgan fingerprint density at radius 3 is 2.76 bits per heavy atom. The van der Waals surface area contributed by atoms with Crippen LogP contribution < -0.4 is 4.74 Å². The van der Waals surface area contributed by atoms with E-state index in [1.165, 1.54) is 23.5 Å². The zero-order valence-corrected chi connectivity index (χ0v) is 10.2. The monoisotopic (exact) mass is 267 g/mol. The van der Waals surface area contributed by atoms with Crippen LogP contribution in [0.5, 0.6) is 5.75 Å². The van der Waals surface area contributed by atoms with E-state index in [1.807, 2.05) is 12.1 Å². The Hall–Kier alpha value is -1.57. The number of nitriles is 1. The minimum Gasteiger partial charge on any atom is -0.485 e. The fraction of sp³-hybridized carbons (Fsp3) is 0.0833. The van der Waals surface area contributed by atoms with E-state index in [4.69, 9.17) is 21.6 Å². The van der Waals surface area contributed by atoms with Crippen molar-refractivity contribution in [2.75, 3.05) is 0 Å². The third-order valence-corrected chi connectivity index (χ3v) is 3.26.